The molecule has 1 unspecified atom stereocenters. The number of unbranched alkanes of at least 4 members (excludes halogenated alkanes) is 5. The molecule has 1 fully saturated rings. The van der Waals surface area contributed by atoms with Crippen molar-refractivity contribution in [2.75, 3.05) is 33.9 Å². The highest BCUT2D eigenvalue weighted by atomic mass is 16.7. The predicted molar refractivity (Wildman–Crippen MR) is 108 cm³/mol. The van der Waals surface area contributed by atoms with Gasteiger partial charge in [0, 0.05) is 20.1 Å². The van der Waals surface area contributed by atoms with Crippen LogP contribution in [0.3, 0.4) is 0 Å². The zero-order chi connectivity index (χ0) is 18.4. The second kappa shape index (κ2) is 14.0. The number of methoxy groups -OCH3 is 2. The van der Waals surface area contributed by atoms with Crippen LogP contribution in [0.1, 0.15) is 97.3 Å². The van der Waals surface area contributed by atoms with Gasteiger partial charge in [0.25, 0.3) is 0 Å². The zero-order valence-corrected chi connectivity index (χ0v) is 17.7. The quantitative estimate of drug-likeness (QED) is 0.265. The Bertz CT molecular complexity index is 290. The minimum absolute atomic E-state index is 0.384. The molecule has 0 aromatic rings. The number of piperidine rings is 1. The van der Waals surface area contributed by atoms with Crippen molar-refractivity contribution >= 4 is 0 Å². The van der Waals surface area contributed by atoms with Crippen molar-refractivity contribution in [1.29, 1.82) is 0 Å². The third-order valence-electron chi connectivity index (χ3n) is 6.19. The van der Waals surface area contributed by atoms with Gasteiger partial charge >= 0.3 is 0 Å². The normalized spacial score (nSPS) is 17.8. The lowest BCUT2D eigenvalue weighted by Gasteiger charge is -2.38. The average molecular weight is 356 g/mol. The van der Waals surface area contributed by atoms with Crippen LogP contribution in [-0.4, -0.2) is 44.5 Å². The molecule has 0 aliphatic carbocycles. The Morgan fingerprint density at radius 3 is 2.00 bits per heavy atom. The molecular weight excluding hydrogens is 310 g/mol. The lowest BCUT2D eigenvalue weighted by Crippen LogP contribution is -2.42. The Balaban J connectivity index is 2.43. The van der Waals surface area contributed by atoms with Crippen LogP contribution in [0.25, 0.3) is 0 Å². The first kappa shape index (κ1) is 22.9. The minimum Gasteiger partial charge on any atom is -0.353 e. The first-order valence-corrected chi connectivity index (χ1v) is 11.0. The second-order valence-corrected chi connectivity index (χ2v) is 7.87. The van der Waals surface area contributed by atoms with E-state index in [1.54, 1.807) is 0 Å². The van der Waals surface area contributed by atoms with Crippen molar-refractivity contribution < 1.29 is 9.47 Å². The van der Waals surface area contributed by atoms with Gasteiger partial charge in [0.1, 0.15) is 0 Å². The van der Waals surface area contributed by atoms with Crippen LogP contribution >= 0.6 is 0 Å². The number of rotatable bonds is 15. The largest absolute Gasteiger partial charge is 0.353 e. The molecule has 0 amide bonds. The van der Waals surface area contributed by atoms with E-state index in [1.807, 2.05) is 14.2 Å². The molecule has 150 valence electrons. The average Bonchev–Trinajstić information content (AvgIpc) is 2.66. The van der Waals surface area contributed by atoms with Gasteiger partial charge in [0.15, 0.2) is 5.79 Å². The summed E-state index contributed by atoms with van der Waals surface area (Å²) < 4.78 is 11.8. The van der Waals surface area contributed by atoms with Crippen molar-refractivity contribution in [2.45, 2.75) is 103 Å². The topological polar surface area (TPSA) is 21.7 Å². The summed E-state index contributed by atoms with van der Waals surface area (Å²) in [6, 6.07) is 0. The molecule has 1 rings (SSSR count). The highest BCUT2D eigenvalue weighted by molar-refractivity contribution is 4.79. The monoisotopic (exact) mass is 355 g/mol. The predicted octanol–water partition coefficient (Wildman–Crippen LogP) is 6.02. The molecule has 0 radical (unpaired) electrons. The van der Waals surface area contributed by atoms with Gasteiger partial charge in [-0.05, 0) is 58.2 Å². The Kier molecular flexibility index (Phi) is 12.8. The van der Waals surface area contributed by atoms with E-state index in [4.69, 9.17) is 9.47 Å². The van der Waals surface area contributed by atoms with Gasteiger partial charge in [-0.2, -0.15) is 0 Å². The van der Waals surface area contributed by atoms with Gasteiger partial charge in [-0.15, -0.1) is 0 Å². The zero-order valence-electron chi connectivity index (χ0n) is 17.7. The molecule has 0 N–H and O–H groups in total. The summed E-state index contributed by atoms with van der Waals surface area (Å²) in [5.74, 6) is 0.133. The molecule has 0 saturated carbocycles. The van der Waals surface area contributed by atoms with E-state index in [1.165, 1.54) is 96.7 Å². The Hall–Kier alpha value is -0.120. The van der Waals surface area contributed by atoms with E-state index in [2.05, 4.69) is 18.7 Å². The van der Waals surface area contributed by atoms with Crippen LogP contribution in [-0.2, 0) is 9.47 Å². The Morgan fingerprint density at radius 2 is 1.40 bits per heavy atom. The standard InChI is InChI=1S/C22H45NO2/c1-5-7-8-9-10-12-16-21(22(6-2,24-3)25-4)17-15-20-23-18-13-11-14-19-23/h21H,5-20H2,1-4H3. The molecule has 1 atom stereocenters. The fraction of sp³-hybridized carbons (Fsp3) is 1.00. The molecule has 3 nitrogen and oxygen atoms in total. The van der Waals surface area contributed by atoms with Crippen LogP contribution in [0.2, 0.25) is 0 Å². The van der Waals surface area contributed by atoms with Crippen LogP contribution in [0, 0.1) is 5.92 Å². The molecule has 1 aliphatic rings. The summed E-state index contributed by atoms with van der Waals surface area (Å²) in [6.07, 6.45) is 17.0. The van der Waals surface area contributed by atoms with Gasteiger partial charge < -0.3 is 14.4 Å². The fourth-order valence-corrected chi connectivity index (χ4v) is 4.49. The van der Waals surface area contributed by atoms with E-state index in [0.717, 1.165) is 6.42 Å². The van der Waals surface area contributed by atoms with Gasteiger partial charge in [-0.3, -0.25) is 0 Å². The summed E-state index contributed by atoms with van der Waals surface area (Å²) in [4.78, 5) is 2.65. The van der Waals surface area contributed by atoms with Crippen LogP contribution in [0.5, 0.6) is 0 Å². The fourth-order valence-electron chi connectivity index (χ4n) is 4.49. The number of hydrogen-bond donors (Lipinski definition) is 0. The lowest BCUT2D eigenvalue weighted by atomic mass is 9.86. The van der Waals surface area contributed by atoms with Crippen LogP contribution < -0.4 is 0 Å². The van der Waals surface area contributed by atoms with E-state index < -0.39 is 0 Å². The van der Waals surface area contributed by atoms with Gasteiger partial charge in [0.05, 0.1) is 0 Å². The van der Waals surface area contributed by atoms with Crippen molar-refractivity contribution in [3.05, 3.63) is 0 Å². The molecule has 1 aliphatic heterocycles. The molecule has 25 heavy (non-hydrogen) atoms. The van der Waals surface area contributed by atoms with Crippen molar-refractivity contribution in [3.8, 4) is 0 Å². The van der Waals surface area contributed by atoms with E-state index in [9.17, 15) is 0 Å². The molecule has 0 aromatic heterocycles. The third kappa shape index (κ3) is 8.41. The Labute approximate surface area is 157 Å². The molecule has 0 bridgehead atoms. The second-order valence-electron chi connectivity index (χ2n) is 7.87. The van der Waals surface area contributed by atoms with Crippen LogP contribution in [0.4, 0.5) is 0 Å². The van der Waals surface area contributed by atoms with Gasteiger partial charge in [-0.25, -0.2) is 0 Å². The molecular formula is C22H45NO2. The summed E-state index contributed by atoms with van der Waals surface area (Å²) in [5, 5.41) is 0. The maximum absolute atomic E-state index is 5.90. The summed E-state index contributed by atoms with van der Waals surface area (Å²) in [6.45, 7) is 8.34. The van der Waals surface area contributed by atoms with E-state index in [-0.39, 0.29) is 5.79 Å². The van der Waals surface area contributed by atoms with Gasteiger partial charge in [0.2, 0.25) is 0 Å². The first-order valence-electron chi connectivity index (χ1n) is 11.0. The summed E-state index contributed by atoms with van der Waals surface area (Å²) in [5.41, 5.74) is 0. The highest BCUT2D eigenvalue weighted by Crippen LogP contribution is 2.34. The molecule has 3 heteroatoms. The lowest BCUT2D eigenvalue weighted by molar-refractivity contribution is -0.244. The smallest absolute Gasteiger partial charge is 0.170 e. The Morgan fingerprint density at radius 1 is 0.800 bits per heavy atom. The number of nitrogens with zero attached hydrogens (tertiary/aromatic N) is 1. The molecule has 0 aromatic carbocycles. The summed E-state index contributed by atoms with van der Waals surface area (Å²) >= 11 is 0. The number of hydrogen-bond acceptors (Lipinski definition) is 3. The van der Waals surface area contributed by atoms with Gasteiger partial charge in [-0.1, -0.05) is 58.8 Å². The first-order chi connectivity index (χ1) is 12.2. The van der Waals surface area contributed by atoms with Crippen molar-refractivity contribution in [3.63, 3.8) is 0 Å². The summed E-state index contributed by atoms with van der Waals surface area (Å²) in [7, 11) is 3.65. The maximum Gasteiger partial charge on any atom is 0.170 e. The van der Waals surface area contributed by atoms with E-state index in [0.29, 0.717) is 5.92 Å². The number of likely N-dealkylation sites (tertiary alicyclic amines) is 1. The molecule has 1 heterocycles. The highest BCUT2D eigenvalue weighted by Gasteiger charge is 2.36. The molecule has 1 saturated heterocycles. The van der Waals surface area contributed by atoms with Crippen molar-refractivity contribution in [1.82, 2.24) is 4.90 Å². The van der Waals surface area contributed by atoms with Crippen molar-refractivity contribution in [2.24, 2.45) is 5.92 Å². The minimum atomic E-state index is -0.384. The third-order valence-corrected chi connectivity index (χ3v) is 6.19. The van der Waals surface area contributed by atoms with Crippen LogP contribution in [0.15, 0.2) is 0 Å². The molecule has 0 spiro atoms. The SMILES string of the molecule is CCCCCCCCC(CCCN1CCCCC1)C(CC)(OC)OC. The number of ether oxygens (including phenoxy) is 2. The van der Waals surface area contributed by atoms with E-state index >= 15 is 0 Å². The maximum atomic E-state index is 5.90.